The minimum absolute atomic E-state index is 0.00950. The molecule has 5 rings (SSSR count). The zero-order chi connectivity index (χ0) is 34.8. The van der Waals surface area contributed by atoms with Crippen molar-refractivity contribution in [3.63, 3.8) is 0 Å². The summed E-state index contributed by atoms with van der Waals surface area (Å²) in [5.74, 6) is -2.94. The smallest absolute Gasteiger partial charge is 0.417 e. The van der Waals surface area contributed by atoms with Crippen molar-refractivity contribution in [1.29, 1.82) is 0 Å². The summed E-state index contributed by atoms with van der Waals surface area (Å²) in [6, 6.07) is 11.6. The summed E-state index contributed by atoms with van der Waals surface area (Å²) in [5, 5.41) is 6.84. The van der Waals surface area contributed by atoms with Crippen molar-refractivity contribution in [2.75, 3.05) is 31.5 Å². The predicted molar refractivity (Wildman–Crippen MR) is 169 cm³/mol. The number of aromatic nitrogens is 3. The Labute approximate surface area is 278 Å². The molecule has 2 amide bonds. The van der Waals surface area contributed by atoms with Gasteiger partial charge in [0.15, 0.2) is 17.4 Å². The first kappa shape index (κ1) is 34.5. The quantitative estimate of drug-likeness (QED) is 0.172. The summed E-state index contributed by atoms with van der Waals surface area (Å²) in [5.41, 5.74) is -0.532. The van der Waals surface area contributed by atoms with Gasteiger partial charge in [-0.2, -0.15) is 18.3 Å². The molecule has 4 aromatic rings. The summed E-state index contributed by atoms with van der Waals surface area (Å²) in [7, 11) is 0. The molecule has 3 heterocycles. The Morgan fingerprint density at radius 2 is 1.69 bits per heavy atom. The van der Waals surface area contributed by atoms with Crippen molar-refractivity contribution in [1.82, 2.24) is 24.6 Å². The molecule has 0 saturated carbocycles. The summed E-state index contributed by atoms with van der Waals surface area (Å²) < 4.78 is 59.6. The number of pyridine rings is 1. The van der Waals surface area contributed by atoms with Crippen molar-refractivity contribution in [3.05, 3.63) is 106 Å². The SMILES string of the molecule is CC(C)(C)OC(=O)N1CCN(Cc2cccc(C(=O)Nc3ccc(Cl)cc3C(=O)c3cnn(-c4ncc(C(F)(F)F)cc4F)c3)c2)CC1. The second-order valence-electron chi connectivity index (χ2n) is 12.1. The molecular formula is C33H31ClF4N6O4. The highest BCUT2D eigenvalue weighted by Gasteiger charge is 2.32. The first-order valence-corrected chi connectivity index (χ1v) is 15.2. The fourth-order valence-corrected chi connectivity index (χ4v) is 5.13. The topological polar surface area (TPSA) is 110 Å². The molecule has 0 bridgehead atoms. The van der Waals surface area contributed by atoms with Crippen LogP contribution in [0.5, 0.6) is 0 Å². The number of hydrogen-bond acceptors (Lipinski definition) is 7. The molecule has 0 radical (unpaired) electrons. The van der Waals surface area contributed by atoms with Gasteiger partial charge in [0.25, 0.3) is 5.91 Å². The van der Waals surface area contributed by atoms with Crippen LogP contribution in [0.4, 0.5) is 28.0 Å². The van der Waals surface area contributed by atoms with Crippen LogP contribution in [-0.4, -0.2) is 74.1 Å². The van der Waals surface area contributed by atoms with Crippen molar-refractivity contribution in [2.45, 2.75) is 39.1 Å². The van der Waals surface area contributed by atoms with Crippen LogP contribution < -0.4 is 5.32 Å². The first-order chi connectivity index (χ1) is 22.6. The summed E-state index contributed by atoms with van der Waals surface area (Å²) in [6.07, 6.45) is -2.45. The number of halogens is 5. The van der Waals surface area contributed by atoms with Gasteiger partial charge in [0, 0.05) is 61.3 Å². The third-order valence-corrected chi connectivity index (χ3v) is 7.54. The van der Waals surface area contributed by atoms with Crippen LogP contribution in [-0.2, 0) is 17.5 Å². The van der Waals surface area contributed by atoms with Gasteiger partial charge in [0.05, 0.1) is 23.0 Å². The van der Waals surface area contributed by atoms with E-state index in [-0.39, 0.29) is 34.0 Å². The number of alkyl halides is 3. The number of benzene rings is 2. The summed E-state index contributed by atoms with van der Waals surface area (Å²) >= 11 is 6.17. The van der Waals surface area contributed by atoms with Gasteiger partial charge < -0.3 is 15.0 Å². The zero-order valence-corrected chi connectivity index (χ0v) is 26.9. The van der Waals surface area contributed by atoms with Gasteiger partial charge in [-0.25, -0.2) is 18.9 Å². The van der Waals surface area contributed by atoms with Gasteiger partial charge in [0.2, 0.25) is 0 Å². The van der Waals surface area contributed by atoms with E-state index in [1.807, 2.05) is 26.8 Å². The molecule has 2 aromatic carbocycles. The molecule has 1 aliphatic heterocycles. The Hall–Kier alpha value is -4.82. The third-order valence-electron chi connectivity index (χ3n) is 7.30. The lowest BCUT2D eigenvalue weighted by Crippen LogP contribution is -2.49. The van der Waals surface area contributed by atoms with Gasteiger partial charge in [-0.1, -0.05) is 23.7 Å². The molecule has 1 saturated heterocycles. The van der Waals surface area contributed by atoms with Gasteiger partial charge in [-0.15, -0.1) is 0 Å². The van der Waals surface area contributed by atoms with Crippen molar-refractivity contribution in [3.8, 4) is 5.82 Å². The molecule has 0 aliphatic carbocycles. The van der Waals surface area contributed by atoms with E-state index in [2.05, 4.69) is 20.3 Å². The molecule has 0 unspecified atom stereocenters. The van der Waals surface area contributed by atoms with Crippen LogP contribution in [0.15, 0.2) is 67.1 Å². The largest absolute Gasteiger partial charge is 0.444 e. The minimum Gasteiger partial charge on any atom is -0.444 e. The van der Waals surface area contributed by atoms with Gasteiger partial charge in [0.1, 0.15) is 5.60 Å². The maximum atomic E-state index is 14.5. The fraction of sp³-hybridized carbons (Fsp3) is 0.303. The molecule has 0 spiro atoms. The molecule has 48 heavy (non-hydrogen) atoms. The van der Waals surface area contributed by atoms with E-state index in [0.29, 0.717) is 44.5 Å². The van der Waals surface area contributed by atoms with Gasteiger partial charge >= 0.3 is 12.3 Å². The number of carbonyl (C=O) groups is 3. The molecular weight excluding hydrogens is 656 g/mol. The standard InChI is InChI=1S/C33H31ClF4N6O4/c1-32(2,3)48-31(47)43-11-9-42(10-12-43)18-20-5-4-6-21(13-20)30(46)41-27-8-7-24(34)15-25(27)28(45)22-16-40-44(19-22)29-26(35)14-23(17-39-29)33(36,37)38/h4-8,13-17,19H,9-12,18H2,1-3H3,(H,41,46). The second kappa shape index (κ2) is 13.7. The monoisotopic (exact) mass is 686 g/mol. The number of amides is 2. The van der Waals surface area contributed by atoms with E-state index >= 15 is 0 Å². The van der Waals surface area contributed by atoms with Crippen LogP contribution in [0.1, 0.15) is 58.2 Å². The van der Waals surface area contributed by atoms with Crippen LogP contribution >= 0.6 is 11.6 Å². The lowest BCUT2D eigenvalue weighted by molar-refractivity contribution is -0.138. The Kier molecular flexibility index (Phi) is 9.87. The van der Waals surface area contributed by atoms with Gasteiger partial charge in [-0.3, -0.25) is 14.5 Å². The second-order valence-corrected chi connectivity index (χ2v) is 12.6. The molecule has 1 aliphatic rings. The highest BCUT2D eigenvalue weighted by Crippen LogP contribution is 2.30. The Bertz CT molecular complexity index is 1850. The number of hydrogen-bond donors (Lipinski definition) is 1. The lowest BCUT2D eigenvalue weighted by atomic mass is 10.0. The number of ketones is 1. The Balaban J connectivity index is 1.27. The zero-order valence-electron chi connectivity index (χ0n) is 26.1. The van der Waals surface area contributed by atoms with Crippen LogP contribution in [0, 0.1) is 5.82 Å². The maximum Gasteiger partial charge on any atom is 0.417 e. The number of ether oxygens (including phenoxy) is 1. The number of piperazine rings is 1. The van der Waals surface area contributed by atoms with Crippen LogP contribution in [0.25, 0.3) is 5.82 Å². The van der Waals surface area contributed by atoms with Crippen molar-refractivity contribution < 1.29 is 36.7 Å². The molecule has 1 fully saturated rings. The van der Waals surface area contributed by atoms with E-state index in [0.717, 1.165) is 22.6 Å². The van der Waals surface area contributed by atoms with E-state index in [9.17, 15) is 31.9 Å². The van der Waals surface area contributed by atoms with E-state index in [1.165, 1.54) is 18.2 Å². The van der Waals surface area contributed by atoms with E-state index in [1.54, 1.807) is 23.1 Å². The number of nitrogens with zero attached hydrogens (tertiary/aromatic N) is 5. The number of carbonyl (C=O) groups excluding carboxylic acids is 3. The Morgan fingerprint density at radius 3 is 2.35 bits per heavy atom. The molecule has 2 aromatic heterocycles. The first-order valence-electron chi connectivity index (χ1n) is 14.8. The predicted octanol–water partition coefficient (Wildman–Crippen LogP) is 6.61. The van der Waals surface area contributed by atoms with Crippen LogP contribution in [0.2, 0.25) is 5.02 Å². The number of anilines is 1. The minimum atomic E-state index is -4.78. The number of rotatable bonds is 7. The van der Waals surface area contributed by atoms with E-state index in [4.69, 9.17) is 16.3 Å². The highest BCUT2D eigenvalue weighted by atomic mass is 35.5. The molecule has 252 valence electrons. The van der Waals surface area contributed by atoms with Crippen molar-refractivity contribution in [2.24, 2.45) is 0 Å². The normalized spacial score (nSPS) is 14.1. The summed E-state index contributed by atoms with van der Waals surface area (Å²) in [4.78, 5) is 46.6. The third kappa shape index (κ3) is 8.36. The number of nitrogens with one attached hydrogen (secondary N) is 1. The Morgan fingerprint density at radius 1 is 0.958 bits per heavy atom. The lowest BCUT2D eigenvalue weighted by Gasteiger charge is -2.35. The molecule has 10 nitrogen and oxygen atoms in total. The fourth-order valence-electron chi connectivity index (χ4n) is 4.96. The average Bonchev–Trinajstić information content (AvgIpc) is 3.51. The summed E-state index contributed by atoms with van der Waals surface area (Å²) in [6.45, 7) is 8.29. The van der Waals surface area contributed by atoms with Crippen LogP contribution in [0.3, 0.4) is 0 Å². The van der Waals surface area contributed by atoms with Crippen molar-refractivity contribution >= 4 is 35.1 Å². The molecule has 0 atom stereocenters. The van der Waals surface area contributed by atoms with E-state index < -0.39 is 40.7 Å². The highest BCUT2D eigenvalue weighted by molar-refractivity contribution is 6.31. The maximum absolute atomic E-state index is 14.5. The molecule has 1 N–H and O–H groups in total. The molecule has 15 heteroatoms. The average molecular weight is 687 g/mol. The van der Waals surface area contributed by atoms with Gasteiger partial charge in [-0.05, 0) is 62.7 Å².